The second-order valence-electron chi connectivity index (χ2n) is 7.40. The Hall–Kier alpha value is -2.55. The number of nitriles is 1. The van der Waals surface area contributed by atoms with E-state index in [1.54, 1.807) is 30.3 Å². The number of benzene rings is 2. The van der Waals surface area contributed by atoms with Crippen molar-refractivity contribution in [2.24, 2.45) is 23.2 Å². The molecule has 2 saturated carbocycles. The van der Waals surface area contributed by atoms with E-state index in [1.165, 1.54) is 18.2 Å². The van der Waals surface area contributed by atoms with Crippen molar-refractivity contribution < 1.29 is 18.7 Å². The second-order valence-corrected chi connectivity index (χ2v) is 8.41. The summed E-state index contributed by atoms with van der Waals surface area (Å²) in [6.45, 7) is 1.96. The zero-order chi connectivity index (χ0) is 20.8. The maximum absolute atomic E-state index is 14.1. The number of allylic oxidation sites excluding steroid dienone is 1. The van der Waals surface area contributed by atoms with Gasteiger partial charge in [0.2, 0.25) is 6.10 Å². The lowest BCUT2D eigenvalue weighted by Crippen LogP contribution is -2.20. The highest BCUT2D eigenvalue weighted by atomic mass is 35.5. The van der Waals surface area contributed by atoms with Gasteiger partial charge in [-0.25, -0.2) is 4.39 Å². The minimum Gasteiger partial charge on any atom is -0.454 e. The minimum absolute atomic E-state index is 0.0480. The summed E-state index contributed by atoms with van der Waals surface area (Å²) < 4.78 is 25.3. The number of carbonyl (C=O) groups is 1. The van der Waals surface area contributed by atoms with Crippen molar-refractivity contribution in [3.63, 3.8) is 0 Å². The van der Waals surface area contributed by atoms with Crippen LogP contribution in [0.5, 0.6) is 11.5 Å². The number of carbonyl (C=O) groups excluding carboxylic acids is 1. The zero-order valence-electron chi connectivity index (χ0n) is 15.3. The lowest BCUT2D eigenvalue weighted by atomic mass is 9.97. The van der Waals surface area contributed by atoms with Crippen molar-refractivity contribution in [3.8, 4) is 17.6 Å². The number of ether oxygens (including phenoxy) is 2. The van der Waals surface area contributed by atoms with Crippen LogP contribution in [-0.4, -0.2) is 5.97 Å². The molecule has 0 aliphatic heterocycles. The molecule has 0 radical (unpaired) electrons. The summed E-state index contributed by atoms with van der Waals surface area (Å²) in [6.07, 6.45) is 0.572. The lowest BCUT2D eigenvalue weighted by Gasteiger charge is -2.17. The molecular formula is C22H16Cl2FNO3. The average molecular weight is 432 g/mol. The molecule has 4 nitrogen and oxygen atoms in total. The minimum atomic E-state index is -1.16. The van der Waals surface area contributed by atoms with Crippen LogP contribution in [-0.2, 0) is 9.53 Å². The van der Waals surface area contributed by atoms with Crippen molar-refractivity contribution in [1.29, 1.82) is 5.26 Å². The third kappa shape index (κ3) is 3.59. The smallest absolute Gasteiger partial charge is 0.311 e. The number of esters is 1. The van der Waals surface area contributed by atoms with E-state index in [0.29, 0.717) is 11.3 Å². The fourth-order valence-corrected chi connectivity index (χ4v) is 4.29. The molecule has 2 aromatic carbocycles. The first kappa shape index (κ1) is 19.8. The van der Waals surface area contributed by atoms with E-state index in [4.69, 9.17) is 32.7 Å². The van der Waals surface area contributed by atoms with Crippen LogP contribution in [0, 0.1) is 40.3 Å². The molecule has 0 bridgehead atoms. The van der Waals surface area contributed by atoms with Crippen LogP contribution in [0.3, 0.4) is 0 Å². The van der Waals surface area contributed by atoms with Gasteiger partial charge in [-0.15, -0.1) is 0 Å². The Kier molecular flexibility index (Phi) is 5.02. The fraction of sp³-hybridized carbons (Fsp3) is 0.273. The van der Waals surface area contributed by atoms with E-state index in [0.717, 1.165) is 0 Å². The molecule has 0 spiro atoms. The van der Waals surface area contributed by atoms with Crippen LogP contribution in [0.15, 0.2) is 59.1 Å². The Morgan fingerprint density at radius 3 is 2.59 bits per heavy atom. The Balaban J connectivity index is 1.45. The largest absolute Gasteiger partial charge is 0.454 e. The van der Waals surface area contributed by atoms with Crippen molar-refractivity contribution in [1.82, 2.24) is 0 Å². The molecule has 2 aliphatic rings. The topological polar surface area (TPSA) is 59.3 Å². The lowest BCUT2D eigenvalue weighted by molar-refractivity contribution is -0.151. The van der Waals surface area contributed by atoms with Crippen LogP contribution in [0.25, 0.3) is 0 Å². The van der Waals surface area contributed by atoms with Crippen molar-refractivity contribution in [3.05, 3.63) is 70.5 Å². The molecule has 0 saturated heterocycles. The molecule has 0 N–H and O–H groups in total. The number of fused-ring (bicyclic) bond motifs is 1. The predicted molar refractivity (Wildman–Crippen MR) is 106 cm³/mol. The van der Waals surface area contributed by atoms with Crippen molar-refractivity contribution in [2.75, 3.05) is 0 Å². The molecule has 0 aromatic heterocycles. The van der Waals surface area contributed by atoms with Crippen LogP contribution >= 0.6 is 23.2 Å². The molecule has 5 atom stereocenters. The molecule has 2 aromatic rings. The van der Waals surface area contributed by atoms with Crippen LogP contribution in [0.4, 0.5) is 4.39 Å². The van der Waals surface area contributed by atoms with Gasteiger partial charge in [0.1, 0.15) is 16.3 Å². The predicted octanol–water partition coefficient (Wildman–Crippen LogP) is 5.93. The van der Waals surface area contributed by atoms with Gasteiger partial charge in [-0.2, -0.15) is 5.26 Å². The third-order valence-electron chi connectivity index (χ3n) is 5.77. The summed E-state index contributed by atoms with van der Waals surface area (Å²) in [5.74, 6) is -0.620. The molecule has 2 fully saturated rings. The van der Waals surface area contributed by atoms with Gasteiger partial charge in [-0.1, -0.05) is 60.5 Å². The summed E-state index contributed by atoms with van der Waals surface area (Å²) in [5.41, 5.74) is 0.129. The summed E-state index contributed by atoms with van der Waals surface area (Å²) in [6, 6.07) is 14.6. The second kappa shape index (κ2) is 7.37. The quantitative estimate of drug-likeness (QED) is 0.531. The van der Waals surface area contributed by atoms with Gasteiger partial charge in [0, 0.05) is 5.56 Å². The molecule has 7 heteroatoms. The van der Waals surface area contributed by atoms with Crippen LogP contribution < -0.4 is 4.74 Å². The number of hydrogen-bond acceptors (Lipinski definition) is 4. The first-order valence-corrected chi connectivity index (χ1v) is 9.77. The van der Waals surface area contributed by atoms with E-state index < -0.39 is 17.9 Å². The summed E-state index contributed by atoms with van der Waals surface area (Å²) >= 11 is 11.4. The Morgan fingerprint density at radius 2 is 1.97 bits per heavy atom. The van der Waals surface area contributed by atoms with Gasteiger partial charge >= 0.3 is 5.97 Å². The first-order valence-electron chi connectivity index (χ1n) is 9.01. The van der Waals surface area contributed by atoms with E-state index in [9.17, 15) is 14.4 Å². The molecular weight excluding hydrogens is 416 g/mol. The molecule has 0 amide bonds. The van der Waals surface area contributed by atoms with Gasteiger partial charge in [0.25, 0.3) is 0 Å². The Labute approximate surface area is 177 Å². The average Bonchev–Trinajstić information content (AvgIpc) is 3.52. The SMILES string of the molecule is CC12C(C=C(Cl)Cl)[C@@H]1C2C(=O)OC(C#N)c1ccc(F)c(Oc2ccccc2)c1. The molecule has 4 rings (SSSR count). The molecule has 29 heavy (non-hydrogen) atoms. The van der Waals surface area contributed by atoms with Gasteiger partial charge in [-0.05, 0) is 41.5 Å². The van der Waals surface area contributed by atoms with E-state index >= 15 is 0 Å². The molecule has 0 heterocycles. The zero-order valence-corrected chi connectivity index (χ0v) is 16.8. The standard InChI is InChI=1S/C22H16Cl2FNO3/c1-22-14(10-18(23)24)19(22)20(22)21(27)29-17(11-26)12-7-8-15(25)16(9-12)28-13-5-3-2-4-6-13/h2-10,14,17,19-20H,1H3/t14?,17?,19-,20?,22?/m1/s1. The van der Waals surface area contributed by atoms with Gasteiger partial charge in [0.15, 0.2) is 11.6 Å². The van der Waals surface area contributed by atoms with Crippen molar-refractivity contribution >= 4 is 29.2 Å². The Bertz CT molecular complexity index is 1030. The highest BCUT2D eigenvalue weighted by Gasteiger charge is 2.85. The molecule has 4 unspecified atom stereocenters. The normalized spacial score (nSPS) is 27.1. The number of hydrogen-bond donors (Lipinski definition) is 0. The Morgan fingerprint density at radius 1 is 1.28 bits per heavy atom. The summed E-state index contributed by atoms with van der Waals surface area (Å²) in [4.78, 5) is 12.5. The molecule has 148 valence electrons. The van der Waals surface area contributed by atoms with Gasteiger partial charge in [-0.3, -0.25) is 4.79 Å². The number of para-hydroxylation sites is 1. The van der Waals surface area contributed by atoms with E-state index in [-0.39, 0.29) is 33.4 Å². The van der Waals surface area contributed by atoms with Gasteiger partial charge < -0.3 is 9.47 Å². The molecule has 2 aliphatic carbocycles. The first-order chi connectivity index (χ1) is 13.9. The summed E-state index contributed by atoms with van der Waals surface area (Å²) in [7, 11) is 0. The van der Waals surface area contributed by atoms with Crippen molar-refractivity contribution in [2.45, 2.75) is 13.0 Å². The number of rotatable bonds is 6. The maximum atomic E-state index is 14.1. The van der Waals surface area contributed by atoms with Crippen LogP contribution in [0.2, 0.25) is 0 Å². The fourth-order valence-electron chi connectivity index (χ4n) is 4.02. The van der Waals surface area contributed by atoms with E-state index in [1.807, 2.05) is 19.1 Å². The highest BCUT2D eigenvalue weighted by molar-refractivity contribution is 6.55. The number of halogens is 3. The van der Waals surface area contributed by atoms with E-state index in [2.05, 4.69) is 0 Å². The maximum Gasteiger partial charge on any atom is 0.311 e. The third-order valence-corrected chi connectivity index (χ3v) is 6.03. The summed E-state index contributed by atoms with van der Waals surface area (Å²) in [5, 5.41) is 9.49. The highest BCUT2D eigenvalue weighted by Crippen LogP contribution is 2.84. The van der Waals surface area contributed by atoms with Crippen LogP contribution in [0.1, 0.15) is 18.6 Å². The number of nitrogens with zero attached hydrogens (tertiary/aromatic N) is 1. The monoisotopic (exact) mass is 431 g/mol. The van der Waals surface area contributed by atoms with Gasteiger partial charge in [0.05, 0.1) is 5.92 Å².